The standard InChI is InChI=1S/C17H15N3O3S2/c1-19-8-2-3-15(19)16-14-5-4-13(25(21,22)23)11-12(14)6-9-20(16)17-18-7-10-24-17/h2-11,16H,1H3,(H,21,22,23). The normalized spacial score (nSPS) is 16.9. The van der Waals surface area contributed by atoms with Gasteiger partial charge in [-0.3, -0.25) is 4.55 Å². The van der Waals surface area contributed by atoms with Crippen LogP contribution in [0.2, 0.25) is 0 Å². The monoisotopic (exact) mass is 373 g/mol. The maximum Gasteiger partial charge on any atom is 0.294 e. The molecule has 0 radical (unpaired) electrons. The third-order valence-corrected chi connectivity index (χ3v) is 5.88. The summed E-state index contributed by atoms with van der Waals surface area (Å²) < 4.78 is 34.2. The average Bonchev–Trinajstić information content (AvgIpc) is 3.24. The van der Waals surface area contributed by atoms with Crippen molar-refractivity contribution in [3.05, 3.63) is 71.1 Å². The number of hydrogen-bond donors (Lipinski definition) is 1. The minimum Gasteiger partial charge on any atom is -0.352 e. The van der Waals surface area contributed by atoms with Crippen molar-refractivity contribution in [1.29, 1.82) is 0 Å². The summed E-state index contributed by atoms with van der Waals surface area (Å²) in [6.07, 6.45) is 7.46. The summed E-state index contributed by atoms with van der Waals surface area (Å²) in [7, 11) is -2.26. The first-order valence-electron chi connectivity index (χ1n) is 7.54. The molecule has 1 aliphatic rings. The highest BCUT2D eigenvalue weighted by Gasteiger charge is 2.30. The van der Waals surface area contributed by atoms with E-state index in [4.69, 9.17) is 0 Å². The maximum absolute atomic E-state index is 11.4. The van der Waals surface area contributed by atoms with E-state index in [2.05, 4.69) is 9.88 Å². The lowest BCUT2D eigenvalue weighted by Gasteiger charge is -2.33. The molecule has 6 nitrogen and oxygen atoms in total. The summed E-state index contributed by atoms with van der Waals surface area (Å²) in [5, 5.41) is 2.77. The molecule has 0 spiro atoms. The number of fused-ring (bicyclic) bond motifs is 1. The van der Waals surface area contributed by atoms with Crippen LogP contribution >= 0.6 is 11.3 Å². The Morgan fingerprint density at radius 1 is 1.28 bits per heavy atom. The molecule has 1 unspecified atom stereocenters. The summed E-state index contributed by atoms with van der Waals surface area (Å²) in [6.45, 7) is 0. The Morgan fingerprint density at radius 3 is 2.76 bits per heavy atom. The van der Waals surface area contributed by atoms with Gasteiger partial charge >= 0.3 is 0 Å². The van der Waals surface area contributed by atoms with Crippen LogP contribution in [0.5, 0.6) is 0 Å². The minimum absolute atomic E-state index is 0.107. The molecule has 1 N–H and O–H groups in total. The van der Waals surface area contributed by atoms with Crippen LogP contribution in [0.4, 0.5) is 5.13 Å². The van der Waals surface area contributed by atoms with Crippen molar-refractivity contribution < 1.29 is 13.0 Å². The third-order valence-electron chi connectivity index (χ3n) is 4.25. The van der Waals surface area contributed by atoms with E-state index in [1.165, 1.54) is 23.5 Å². The zero-order chi connectivity index (χ0) is 17.6. The summed E-state index contributed by atoms with van der Waals surface area (Å²) >= 11 is 1.54. The van der Waals surface area contributed by atoms with E-state index in [1.54, 1.807) is 12.3 Å². The molecule has 1 atom stereocenters. The molecule has 4 rings (SSSR count). The second kappa shape index (κ2) is 5.83. The zero-order valence-corrected chi connectivity index (χ0v) is 14.9. The molecule has 3 heterocycles. The van der Waals surface area contributed by atoms with Crippen molar-refractivity contribution in [2.45, 2.75) is 10.9 Å². The first-order valence-corrected chi connectivity index (χ1v) is 9.86. The van der Waals surface area contributed by atoms with Gasteiger partial charge < -0.3 is 9.47 Å². The molecular weight excluding hydrogens is 358 g/mol. The number of aryl methyl sites for hydroxylation is 1. The van der Waals surface area contributed by atoms with Crippen LogP contribution in [0, 0.1) is 0 Å². The lowest BCUT2D eigenvalue weighted by Crippen LogP contribution is -2.28. The van der Waals surface area contributed by atoms with Crippen molar-refractivity contribution in [2.75, 3.05) is 4.90 Å². The Kier molecular flexibility index (Phi) is 3.75. The second-order valence-corrected chi connectivity index (χ2v) is 8.04. The molecule has 0 fully saturated rings. The van der Waals surface area contributed by atoms with Gasteiger partial charge in [0, 0.05) is 36.7 Å². The molecular formula is C17H15N3O3S2. The number of anilines is 1. The van der Waals surface area contributed by atoms with Gasteiger partial charge in [-0.1, -0.05) is 6.07 Å². The van der Waals surface area contributed by atoms with Crippen LogP contribution in [0.15, 0.2) is 59.2 Å². The molecule has 0 saturated heterocycles. The van der Waals surface area contributed by atoms with Crippen LogP contribution in [-0.2, 0) is 17.2 Å². The van der Waals surface area contributed by atoms with E-state index in [0.717, 1.165) is 22.0 Å². The number of thiazole rings is 1. The Balaban J connectivity index is 1.91. The highest BCUT2D eigenvalue weighted by Crippen LogP contribution is 2.40. The van der Waals surface area contributed by atoms with E-state index < -0.39 is 10.1 Å². The lowest BCUT2D eigenvalue weighted by molar-refractivity contribution is 0.483. The van der Waals surface area contributed by atoms with Gasteiger partial charge in [-0.05, 0) is 41.5 Å². The number of hydrogen-bond acceptors (Lipinski definition) is 5. The van der Waals surface area contributed by atoms with E-state index in [9.17, 15) is 13.0 Å². The van der Waals surface area contributed by atoms with Gasteiger partial charge in [0.2, 0.25) is 0 Å². The van der Waals surface area contributed by atoms with Crippen LogP contribution in [0.3, 0.4) is 0 Å². The average molecular weight is 373 g/mol. The van der Waals surface area contributed by atoms with Crippen molar-refractivity contribution in [3.8, 4) is 0 Å². The summed E-state index contributed by atoms with van der Waals surface area (Å²) in [5.41, 5.74) is 2.77. The van der Waals surface area contributed by atoms with E-state index >= 15 is 0 Å². The first kappa shape index (κ1) is 16.1. The van der Waals surface area contributed by atoms with Crippen molar-refractivity contribution in [3.63, 3.8) is 0 Å². The van der Waals surface area contributed by atoms with E-state index in [-0.39, 0.29) is 10.9 Å². The number of benzene rings is 1. The SMILES string of the molecule is Cn1cccc1C1c2ccc(S(=O)(=O)O)cc2C=CN1c1nccs1. The largest absolute Gasteiger partial charge is 0.352 e. The van der Waals surface area contributed by atoms with Gasteiger partial charge in [0.15, 0.2) is 5.13 Å². The lowest BCUT2D eigenvalue weighted by atomic mass is 9.94. The highest BCUT2D eigenvalue weighted by molar-refractivity contribution is 7.85. The second-order valence-electron chi connectivity index (χ2n) is 5.75. The van der Waals surface area contributed by atoms with Gasteiger partial charge in [0.25, 0.3) is 10.1 Å². The van der Waals surface area contributed by atoms with Crippen molar-refractivity contribution in [1.82, 2.24) is 9.55 Å². The third kappa shape index (κ3) is 2.78. The van der Waals surface area contributed by atoms with Crippen LogP contribution in [0.1, 0.15) is 22.9 Å². The molecule has 1 aliphatic heterocycles. The number of rotatable bonds is 3. The summed E-state index contributed by atoms with van der Waals surface area (Å²) in [4.78, 5) is 6.37. The molecule has 8 heteroatoms. The molecule has 0 aliphatic carbocycles. The van der Waals surface area contributed by atoms with E-state index in [0.29, 0.717) is 0 Å². The smallest absolute Gasteiger partial charge is 0.294 e. The summed E-state index contributed by atoms with van der Waals surface area (Å²) in [5.74, 6) is 0. The molecule has 1 aromatic carbocycles. The summed E-state index contributed by atoms with van der Waals surface area (Å²) in [6, 6.07) is 8.55. The van der Waals surface area contributed by atoms with Gasteiger partial charge in [0.1, 0.15) is 6.04 Å². The predicted molar refractivity (Wildman–Crippen MR) is 97.1 cm³/mol. The van der Waals surface area contributed by atoms with Gasteiger partial charge in [-0.2, -0.15) is 8.42 Å². The molecule has 128 valence electrons. The molecule has 2 aromatic heterocycles. The Labute approximate surface area is 149 Å². The Bertz CT molecular complexity index is 1050. The molecule has 3 aromatic rings. The molecule has 0 bridgehead atoms. The van der Waals surface area contributed by atoms with Gasteiger partial charge in [-0.25, -0.2) is 4.98 Å². The van der Waals surface area contributed by atoms with Gasteiger partial charge in [-0.15, -0.1) is 11.3 Å². The zero-order valence-electron chi connectivity index (χ0n) is 13.3. The maximum atomic E-state index is 11.4. The fourth-order valence-corrected chi connectivity index (χ4v) is 4.25. The van der Waals surface area contributed by atoms with Crippen molar-refractivity contribution in [2.24, 2.45) is 7.05 Å². The topological polar surface area (TPSA) is 75.4 Å². The predicted octanol–water partition coefficient (Wildman–Crippen LogP) is 3.31. The van der Waals surface area contributed by atoms with Crippen LogP contribution in [0.25, 0.3) is 6.08 Å². The van der Waals surface area contributed by atoms with Crippen molar-refractivity contribution >= 4 is 32.7 Å². The Hall–Kier alpha value is -2.42. The molecule has 0 amide bonds. The quantitative estimate of drug-likeness (QED) is 0.713. The number of nitrogens with zero attached hydrogens (tertiary/aromatic N) is 3. The fourth-order valence-electron chi connectivity index (χ4n) is 3.08. The highest BCUT2D eigenvalue weighted by atomic mass is 32.2. The van der Waals surface area contributed by atoms with Crippen LogP contribution < -0.4 is 4.90 Å². The molecule has 25 heavy (non-hydrogen) atoms. The fraction of sp³-hybridized carbons (Fsp3) is 0.118. The Morgan fingerprint density at radius 2 is 2.12 bits per heavy atom. The van der Waals surface area contributed by atoms with Gasteiger partial charge in [0.05, 0.1) is 4.90 Å². The first-order chi connectivity index (χ1) is 11.9. The molecule has 0 saturated carbocycles. The number of aromatic nitrogens is 2. The minimum atomic E-state index is -4.24. The van der Waals surface area contributed by atoms with E-state index in [1.807, 2.05) is 47.6 Å². The van der Waals surface area contributed by atoms with Crippen LogP contribution in [-0.4, -0.2) is 22.5 Å².